The zero-order valence-corrected chi connectivity index (χ0v) is 15.6. The molecule has 8 nitrogen and oxygen atoms in total. The highest BCUT2D eigenvalue weighted by Gasteiger charge is 2.36. The van der Waals surface area contributed by atoms with Crippen molar-refractivity contribution in [1.82, 2.24) is 14.6 Å². The quantitative estimate of drug-likeness (QED) is 0.492. The molecule has 3 aromatic heterocycles. The lowest BCUT2D eigenvalue weighted by atomic mass is 10.2. The number of carbonyl (C=O) groups excluding carboxylic acids is 1. The van der Waals surface area contributed by atoms with Gasteiger partial charge in [0.05, 0.1) is 22.2 Å². The number of nitrogens with zero attached hydrogens (tertiary/aromatic N) is 5. The Morgan fingerprint density at radius 3 is 2.50 bits per heavy atom. The van der Waals surface area contributed by atoms with Crippen molar-refractivity contribution in [2.75, 3.05) is 5.73 Å². The maximum absolute atomic E-state index is 13.6. The number of hydrogen-bond acceptors (Lipinski definition) is 8. The van der Waals surface area contributed by atoms with Gasteiger partial charge in [-0.05, 0) is 35.2 Å². The minimum atomic E-state index is -4.71. The Bertz CT molecular complexity index is 1260. The van der Waals surface area contributed by atoms with E-state index >= 15 is 0 Å². The number of rotatable bonds is 4. The molecule has 0 atom stereocenters. The Balaban J connectivity index is 1.84. The van der Waals surface area contributed by atoms with Crippen molar-refractivity contribution in [2.24, 2.45) is 10.2 Å². The summed E-state index contributed by atoms with van der Waals surface area (Å²) in [6.45, 7) is 0. The van der Waals surface area contributed by atoms with Gasteiger partial charge in [-0.15, -0.1) is 21.5 Å². The number of benzene rings is 1. The summed E-state index contributed by atoms with van der Waals surface area (Å²) in [5.41, 5.74) is 4.69. The van der Waals surface area contributed by atoms with Gasteiger partial charge in [-0.3, -0.25) is 0 Å². The summed E-state index contributed by atoms with van der Waals surface area (Å²) in [6.07, 6.45) is -4.71. The van der Waals surface area contributed by atoms with Crippen molar-refractivity contribution in [3.63, 3.8) is 0 Å². The third-order valence-electron chi connectivity index (χ3n) is 4.02. The molecule has 0 fully saturated rings. The maximum atomic E-state index is 13.6. The number of nitrogen functional groups attached to an aromatic ring is 1. The second kappa shape index (κ2) is 7.22. The number of anilines is 1. The van der Waals surface area contributed by atoms with Crippen molar-refractivity contribution >= 4 is 40.1 Å². The summed E-state index contributed by atoms with van der Waals surface area (Å²) in [5.74, 6) is -1.64. The topological polar surface area (TPSA) is 121 Å². The van der Waals surface area contributed by atoms with Crippen molar-refractivity contribution in [2.45, 2.75) is 6.18 Å². The van der Waals surface area contributed by atoms with Crippen LogP contribution >= 0.6 is 11.3 Å². The summed E-state index contributed by atoms with van der Waals surface area (Å²) in [7, 11) is 0. The predicted octanol–water partition coefficient (Wildman–Crippen LogP) is 3.84. The fraction of sp³-hybridized carbons (Fsp3) is 0.0556. The van der Waals surface area contributed by atoms with Crippen LogP contribution < -0.4 is 10.8 Å². The Morgan fingerprint density at radius 1 is 1.17 bits per heavy atom. The van der Waals surface area contributed by atoms with Crippen LogP contribution in [0.15, 0.2) is 58.1 Å². The van der Waals surface area contributed by atoms with Crippen molar-refractivity contribution in [3.8, 4) is 10.6 Å². The molecule has 2 N–H and O–H groups in total. The number of nitrogens with two attached hydrogens (primary N) is 1. The van der Waals surface area contributed by atoms with Gasteiger partial charge in [0.2, 0.25) is 0 Å². The van der Waals surface area contributed by atoms with E-state index in [1.54, 1.807) is 17.5 Å². The summed E-state index contributed by atoms with van der Waals surface area (Å²) >= 11 is 1.23. The van der Waals surface area contributed by atoms with Gasteiger partial charge in [0.1, 0.15) is 0 Å². The standard InChI is InChI=1S/C18H11F3N6O2S/c19-18(20,21)13-8-11(12-2-1-7-30-12)23-16-14(15(22)26-27(13)16)25-24-10-5-3-9(4-6-10)17(28)29/h1-8H,(H2,22,26)(H,28,29)/p-1. The Kier molecular flexibility index (Phi) is 4.70. The molecule has 0 unspecified atom stereocenters. The smallest absolute Gasteiger partial charge is 0.433 e. The van der Waals surface area contributed by atoms with Crippen LogP contribution in [0.1, 0.15) is 16.1 Å². The normalized spacial score (nSPS) is 12.1. The number of azo groups is 1. The fourth-order valence-corrected chi connectivity index (χ4v) is 3.33. The molecule has 0 aliphatic heterocycles. The SMILES string of the molecule is Nc1nn2c(C(F)(F)F)cc(-c3cccs3)nc2c1N=Nc1ccc(C(=O)[O-])cc1. The van der Waals surface area contributed by atoms with E-state index in [0.717, 1.165) is 6.07 Å². The molecule has 4 rings (SSSR count). The first-order valence-corrected chi connectivity index (χ1v) is 9.15. The molecular formula is C18H10F3N6O2S-. The summed E-state index contributed by atoms with van der Waals surface area (Å²) in [6, 6.07) is 9.48. The van der Waals surface area contributed by atoms with Gasteiger partial charge in [0, 0.05) is 0 Å². The molecule has 4 aromatic rings. The number of carboxylic acids is 1. The number of fused-ring (bicyclic) bond motifs is 1. The van der Waals surface area contributed by atoms with E-state index in [-0.39, 0.29) is 34.1 Å². The average Bonchev–Trinajstić information content (AvgIpc) is 3.33. The predicted molar refractivity (Wildman–Crippen MR) is 101 cm³/mol. The van der Waals surface area contributed by atoms with Crippen LogP contribution in [0.5, 0.6) is 0 Å². The molecule has 1 aromatic carbocycles. The average molecular weight is 431 g/mol. The number of aromatic carboxylic acids is 1. The van der Waals surface area contributed by atoms with E-state index in [1.165, 1.54) is 35.6 Å². The first-order valence-electron chi connectivity index (χ1n) is 8.27. The largest absolute Gasteiger partial charge is 0.545 e. The van der Waals surface area contributed by atoms with E-state index in [4.69, 9.17) is 5.73 Å². The van der Waals surface area contributed by atoms with Crippen LogP contribution in [0.2, 0.25) is 0 Å². The fourth-order valence-electron chi connectivity index (χ4n) is 2.64. The van der Waals surface area contributed by atoms with Gasteiger partial charge >= 0.3 is 6.18 Å². The third-order valence-corrected chi connectivity index (χ3v) is 4.92. The molecule has 0 radical (unpaired) electrons. The van der Waals surface area contributed by atoms with Crippen LogP contribution in [0.3, 0.4) is 0 Å². The van der Waals surface area contributed by atoms with Gasteiger partial charge in [-0.2, -0.15) is 18.3 Å². The molecule has 0 aliphatic rings. The van der Waals surface area contributed by atoms with Gasteiger partial charge < -0.3 is 15.6 Å². The molecule has 0 bridgehead atoms. The van der Waals surface area contributed by atoms with Gasteiger partial charge in [0.25, 0.3) is 0 Å². The van der Waals surface area contributed by atoms with Crippen molar-refractivity contribution in [3.05, 3.63) is 59.1 Å². The minimum Gasteiger partial charge on any atom is -0.545 e. The monoisotopic (exact) mass is 431 g/mol. The third kappa shape index (κ3) is 3.59. The molecule has 0 saturated heterocycles. The van der Waals surface area contributed by atoms with Crippen LogP contribution in [0.25, 0.3) is 16.2 Å². The zero-order chi connectivity index (χ0) is 21.5. The number of halogens is 3. The Morgan fingerprint density at radius 2 is 1.90 bits per heavy atom. The molecule has 0 saturated carbocycles. The van der Waals surface area contributed by atoms with Crippen LogP contribution in [-0.4, -0.2) is 20.6 Å². The Labute approximate surface area is 170 Å². The zero-order valence-electron chi connectivity index (χ0n) is 14.8. The number of carbonyl (C=O) groups is 1. The first-order chi connectivity index (χ1) is 14.2. The number of carboxylic acid groups (broad SMARTS) is 1. The van der Waals surface area contributed by atoms with E-state index in [9.17, 15) is 23.1 Å². The molecule has 0 spiro atoms. The number of hydrogen-bond donors (Lipinski definition) is 1. The van der Waals surface area contributed by atoms with Crippen LogP contribution in [-0.2, 0) is 6.18 Å². The molecule has 3 heterocycles. The highest BCUT2D eigenvalue weighted by atomic mass is 32.1. The minimum absolute atomic E-state index is 0.0541. The molecule has 152 valence electrons. The van der Waals surface area contributed by atoms with E-state index in [2.05, 4.69) is 20.3 Å². The molecule has 30 heavy (non-hydrogen) atoms. The highest BCUT2D eigenvalue weighted by Crippen LogP contribution is 2.37. The lowest BCUT2D eigenvalue weighted by Gasteiger charge is -2.10. The lowest BCUT2D eigenvalue weighted by molar-refractivity contribution is -0.255. The van der Waals surface area contributed by atoms with Crippen LogP contribution in [0, 0.1) is 0 Å². The maximum Gasteiger partial charge on any atom is 0.433 e. The van der Waals surface area contributed by atoms with Crippen molar-refractivity contribution < 1.29 is 23.1 Å². The number of alkyl halides is 3. The van der Waals surface area contributed by atoms with Gasteiger partial charge in [-0.25, -0.2) is 9.50 Å². The molecular weight excluding hydrogens is 421 g/mol. The second-order valence-electron chi connectivity index (χ2n) is 6.01. The van der Waals surface area contributed by atoms with E-state index in [1.807, 2.05) is 0 Å². The van der Waals surface area contributed by atoms with Gasteiger partial charge in [0.15, 0.2) is 22.8 Å². The summed E-state index contributed by atoms with van der Waals surface area (Å²) in [4.78, 5) is 15.6. The molecule has 12 heteroatoms. The summed E-state index contributed by atoms with van der Waals surface area (Å²) in [5, 5.41) is 24.1. The van der Waals surface area contributed by atoms with Gasteiger partial charge in [-0.1, -0.05) is 18.2 Å². The first kappa shape index (κ1) is 19.5. The highest BCUT2D eigenvalue weighted by molar-refractivity contribution is 7.13. The van der Waals surface area contributed by atoms with E-state index < -0.39 is 17.8 Å². The lowest BCUT2D eigenvalue weighted by Crippen LogP contribution is -2.21. The second-order valence-corrected chi connectivity index (χ2v) is 6.95. The summed E-state index contributed by atoms with van der Waals surface area (Å²) < 4.78 is 41.4. The molecule has 0 aliphatic carbocycles. The van der Waals surface area contributed by atoms with Crippen molar-refractivity contribution in [1.29, 1.82) is 0 Å². The Hall–Kier alpha value is -3.80. The van der Waals surface area contributed by atoms with E-state index in [0.29, 0.717) is 9.39 Å². The number of aromatic nitrogens is 3. The number of thiophene rings is 1. The van der Waals surface area contributed by atoms with Crippen LogP contribution in [0.4, 0.5) is 30.4 Å². The molecule has 0 amide bonds.